The molecule has 2 aromatic rings. The van der Waals surface area contributed by atoms with Gasteiger partial charge >= 0.3 is 0 Å². The first-order valence-corrected chi connectivity index (χ1v) is 9.30. The van der Waals surface area contributed by atoms with E-state index in [1.807, 2.05) is 6.07 Å². The zero-order valence-electron chi connectivity index (χ0n) is 13.6. The van der Waals surface area contributed by atoms with Gasteiger partial charge in [-0.25, -0.2) is 8.42 Å². The van der Waals surface area contributed by atoms with Gasteiger partial charge in [0.05, 0.1) is 10.1 Å². The van der Waals surface area contributed by atoms with E-state index < -0.39 is 15.1 Å². The second-order valence-corrected chi connectivity index (χ2v) is 8.50. The predicted octanol–water partition coefficient (Wildman–Crippen LogP) is 2.69. The first kappa shape index (κ1) is 16.5. The van der Waals surface area contributed by atoms with Crippen LogP contribution in [0.3, 0.4) is 0 Å². The quantitative estimate of drug-likeness (QED) is 0.904. The molecule has 0 unspecified atom stereocenters. The molecule has 0 bridgehead atoms. The van der Waals surface area contributed by atoms with E-state index in [9.17, 15) is 13.2 Å². The maximum atomic E-state index is 12.1. The normalized spacial score (nSPS) is 13.7. The third-order valence-electron chi connectivity index (χ3n) is 4.07. The van der Waals surface area contributed by atoms with Gasteiger partial charge in [-0.05, 0) is 43.7 Å². The molecule has 126 valence electrons. The van der Waals surface area contributed by atoms with Crippen molar-refractivity contribution in [3.8, 4) is 5.75 Å². The number of sulfone groups is 1. The lowest BCUT2D eigenvalue weighted by molar-refractivity contribution is 0.0965. The largest absolute Gasteiger partial charge is 0.489 e. The smallest absolute Gasteiger partial charge is 0.252 e. The number of nitrogens with one attached hydrogen (secondary N) is 1. The van der Waals surface area contributed by atoms with Crippen LogP contribution in [0.4, 0.5) is 0 Å². The Morgan fingerprint density at radius 1 is 1.12 bits per heavy atom. The number of hydrogen-bond donors (Lipinski definition) is 1. The molecule has 0 radical (unpaired) electrons. The summed E-state index contributed by atoms with van der Waals surface area (Å²) >= 11 is 0. The second-order valence-electron chi connectivity index (χ2n) is 5.99. The standard InChI is InChI=1S/C18H19NO4S/c1-12(2)24(21,22)14-8-6-13(7-9-14)11-23-17-5-3-4-15-16(17)10-19-18(15)20/h3-9,12H,10-11H2,1-2H3,(H,19,20). The summed E-state index contributed by atoms with van der Waals surface area (Å²) in [7, 11) is -3.26. The third-order valence-corrected chi connectivity index (χ3v) is 6.24. The molecular weight excluding hydrogens is 326 g/mol. The number of carbonyl (C=O) groups excluding carboxylic acids is 1. The molecule has 0 spiro atoms. The Morgan fingerprint density at radius 3 is 2.50 bits per heavy atom. The van der Waals surface area contributed by atoms with Crippen molar-refractivity contribution in [1.82, 2.24) is 5.32 Å². The van der Waals surface area contributed by atoms with E-state index in [-0.39, 0.29) is 5.91 Å². The van der Waals surface area contributed by atoms with E-state index in [0.717, 1.165) is 11.1 Å². The van der Waals surface area contributed by atoms with Crippen LogP contribution in [0.5, 0.6) is 5.75 Å². The maximum Gasteiger partial charge on any atom is 0.252 e. The van der Waals surface area contributed by atoms with E-state index in [1.54, 1.807) is 50.2 Å². The summed E-state index contributed by atoms with van der Waals surface area (Å²) in [6.45, 7) is 4.11. The van der Waals surface area contributed by atoms with Gasteiger partial charge in [0, 0.05) is 17.7 Å². The Bertz CT molecular complexity index is 870. The van der Waals surface area contributed by atoms with Crippen molar-refractivity contribution in [3.05, 3.63) is 59.2 Å². The van der Waals surface area contributed by atoms with Gasteiger partial charge in [-0.15, -0.1) is 0 Å². The molecule has 1 heterocycles. The predicted molar refractivity (Wildman–Crippen MR) is 90.7 cm³/mol. The minimum Gasteiger partial charge on any atom is -0.489 e. The lowest BCUT2D eigenvalue weighted by atomic mass is 10.1. The molecule has 1 aliphatic heterocycles. The van der Waals surface area contributed by atoms with Crippen LogP contribution in [0.2, 0.25) is 0 Å². The molecular formula is C18H19NO4S. The summed E-state index contributed by atoms with van der Waals surface area (Å²) in [5.74, 6) is 0.587. The SMILES string of the molecule is CC(C)S(=O)(=O)c1ccc(COc2cccc3c2CNC3=O)cc1. The summed E-state index contributed by atoms with van der Waals surface area (Å²) in [6.07, 6.45) is 0. The number of fused-ring (bicyclic) bond motifs is 1. The van der Waals surface area contributed by atoms with Crippen LogP contribution in [0.1, 0.15) is 35.3 Å². The van der Waals surface area contributed by atoms with Gasteiger partial charge < -0.3 is 10.1 Å². The summed E-state index contributed by atoms with van der Waals surface area (Å²) < 4.78 is 30.0. The van der Waals surface area contributed by atoms with Gasteiger partial charge in [-0.1, -0.05) is 18.2 Å². The van der Waals surface area contributed by atoms with E-state index in [0.29, 0.717) is 29.4 Å². The van der Waals surface area contributed by atoms with Crippen LogP contribution in [-0.4, -0.2) is 19.6 Å². The fraction of sp³-hybridized carbons (Fsp3) is 0.278. The Morgan fingerprint density at radius 2 is 1.83 bits per heavy atom. The van der Waals surface area contributed by atoms with Crippen LogP contribution in [0.25, 0.3) is 0 Å². The summed E-state index contributed by atoms with van der Waals surface area (Å²) in [4.78, 5) is 12.0. The molecule has 0 saturated heterocycles. The second kappa shape index (κ2) is 6.28. The van der Waals surface area contributed by atoms with Crippen molar-refractivity contribution < 1.29 is 17.9 Å². The molecule has 1 aliphatic rings. The van der Waals surface area contributed by atoms with E-state index in [4.69, 9.17) is 4.74 Å². The fourth-order valence-electron chi connectivity index (χ4n) is 2.57. The van der Waals surface area contributed by atoms with Gasteiger partial charge in [-0.2, -0.15) is 0 Å². The van der Waals surface area contributed by atoms with Crippen molar-refractivity contribution >= 4 is 15.7 Å². The van der Waals surface area contributed by atoms with Gasteiger partial charge in [0.25, 0.3) is 5.91 Å². The number of benzene rings is 2. The molecule has 0 fully saturated rings. The molecule has 0 atom stereocenters. The van der Waals surface area contributed by atoms with Crippen LogP contribution < -0.4 is 10.1 Å². The molecule has 6 heteroatoms. The molecule has 2 aromatic carbocycles. The Balaban J connectivity index is 1.74. The van der Waals surface area contributed by atoms with Crippen LogP contribution in [0.15, 0.2) is 47.4 Å². The van der Waals surface area contributed by atoms with Crippen LogP contribution >= 0.6 is 0 Å². The van der Waals surface area contributed by atoms with E-state index >= 15 is 0 Å². The van der Waals surface area contributed by atoms with Gasteiger partial charge in [0.1, 0.15) is 12.4 Å². The number of hydrogen-bond acceptors (Lipinski definition) is 4. The summed E-state index contributed by atoms with van der Waals surface area (Å²) in [6, 6.07) is 12.1. The van der Waals surface area contributed by atoms with Crippen molar-refractivity contribution in [2.45, 2.75) is 37.1 Å². The van der Waals surface area contributed by atoms with Gasteiger partial charge in [0.15, 0.2) is 9.84 Å². The minimum absolute atomic E-state index is 0.0845. The monoisotopic (exact) mass is 345 g/mol. The van der Waals surface area contributed by atoms with Crippen molar-refractivity contribution in [3.63, 3.8) is 0 Å². The van der Waals surface area contributed by atoms with Crippen molar-refractivity contribution in [1.29, 1.82) is 0 Å². The molecule has 24 heavy (non-hydrogen) atoms. The first-order chi connectivity index (χ1) is 11.4. The van der Waals surface area contributed by atoms with Crippen LogP contribution in [0, 0.1) is 0 Å². The molecule has 0 saturated carbocycles. The highest BCUT2D eigenvalue weighted by molar-refractivity contribution is 7.92. The molecule has 0 aromatic heterocycles. The number of amides is 1. The summed E-state index contributed by atoms with van der Waals surface area (Å²) in [5, 5.41) is 2.32. The average molecular weight is 345 g/mol. The van der Waals surface area contributed by atoms with E-state index in [2.05, 4.69) is 5.32 Å². The number of carbonyl (C=O) groups is 1. The van der Waals surface area contributed by atoms with Crippen LogP contribution in [-0.2, 0) is 23.0 Å². The fourth-order valence-corrected chi connectivity index (χ4v) is 3.63. The van der Waals surface area contributed by atoms with E-state index in [1.165, 1.54) is 0 Å². The zero-order chi connectivity index (χ0) is 17.3. The summed E-state index contributed by atoms with van der Waals surface area (Å²) in [5.41, 5.74) is 2.37. The molecule has 1 N–H and O–H groups in total. The van der Waals surface area contributed by atoms with Crippen molar-refractivity contribution in [2.75, 3.05) is 0 Å². The third kappa shape index (κ3) is 3.01. The molecule has 5 nitrogen and oxygen atoms in total. The Kier molecular flexibility index (Phi) is 4.32. The highest BCUT2D eigenvalue weighted by atomic mass is 32.2. The lowest BCUT2D eigenvalue weighted by Gasteiger charge is -2.11. The molecule has 1 amide bonds. The highest BCUT2D eigenvalue weighted by Gasteiger charge is 2.22. The molecule has 3 rings (SSSR count). The Hall–Kier alpha value is -2.34. The zero-order valence-corrected chi connectivity index (χ0v) is 14.4. The van der Waals surface area contributed by atoms with Gasteiger partial charge in [-0.3, -0.25) is 4.79 Å². The first-order valence-electron chi connectivity index (χ1n) is 7.75. The Labute approximate surface area is 141 Å². The lowest BCUT2D eigenvalue weighted by Crippen LogP contribution is -2.13. The number of rotatable bonds is 5. The average Bonchev–Trinajstić information content (AvgIpc) is 2.95. The minimum atomic E-state index is -3.26. The number of ether oxygens (including phenoxy) is 1. The maximum absolute atomic E-state index is 12.1. The van der Waals surface area contributed by atoms with Gasteiger partial charge in [0.2, 0.25) is 0 Å². The van der Waals surface area contributed by atoms with Crippen molar-refractivity contribution in [2.24, 2.45) is 0 Å². The topological polar surface area (TPSA) is 72.5 Å². The molecule has 0 aliphatic carbocycles. The highest BCUT2D eigenvalue weighted by Crippen LogP contribution is 2.27.